The first kappa shape index (κ1) is 34.5. The van der Waals surface area contributed by atoms with E-state index in [1.165, 1.54) is 62.5 Å². The first-order chi connectivity index (χ1) is 22.6. The Hall–Kier alpha value is -1.96. The number of carboxylic acids is 1. The predicted octanol–water partition coefficient (Wildman–Crippen LogP) is 7.86. The summed E-state index contributed by atoms with van der Waals surface area (Å²) < 4.78 is 24.0. The highest BCUT2D eigenvalue weighted by atomic mass is 32.2. The lowest BCUT2D eigenvalue weighted by Gasteiger charge is -2.72. The molecule has 2 N–H and O–H groups in total. The van der Waals surface area contributed by atoms with Crippen LogP contribution in [0.15, 0.2) is 42.0 Å². The number of hydrogen-bond donors (Lipinski definition) is 2. The molecule has 2 unspecified atom stereocenters. The minimum Gasteiger partial charge on any atom is -0.478 e. The van der Waals surface area contributed by atoms with Crippen LogP contribution in [0.5, 0.6) is 0 Å². The maximum absolute atomic E-state index is 12.0. The third-order valence-corrected chi connectivity index (χ3v) is 17.6. The summed E-state index contributed by atoms with van der Waals surface area (Å²) in [5.74, 6) is 2.29. The van der Waals surface area contributed by atoms with Crippen molar-refractivity contribution in [1.82, 2.24) is 10.2 Å². The van der Waals surface area contributed by atoms with Crippen LogP contribution < -0.4 is 5.32 Å². The van der Waals surface area contributed by atoms with Gasteiger partial charge in [-0.3, -0.25) is 0 Å². The minimum atomic E-state index is -2.85. The second-order valence-electron chi connectivity index (χ2n) is 18.0. The molecule has 0 bridgehead atoms. The van der Waals surface area contributed by atoms with E-state index < -0.39 is 15.8 Å². The molecule has 7 heteroatoms. The number of nitrogens with one attached hydrogen (secondary N) is 1. The molecule has 1 heterocycles. The average molecular weight is 677 g/mol. The molecule has 1 aromatic carbocycles. The van der Waals surface area contributed by atoms with Gasteiger partial charge in [-0.1, -0.05) is 64.5 Å². The number of fused-ring (bicyclic) bond motifs is 7. The van der Waals surface area contributed by atoms with E-state index >= 15 is 0 Å². The van der Waals surface area contributed by atoms with Gasteiger partial charge in [-0.2, -0.15) is 0 Å². The van der Waals surface area contributed by atoms with Crippen LogP contribution in [-0.4, -0.2) is 67.6 Å². The number of sulfone groups is 1. The van der Waals surface area contributed by atoms with Gasteiger partial charge in [0.05, 0.1) is 17.1 Å². The van der Waals surface area contributed by atoms with E-state index in [9.17, 15) is 18.3 Å². The van der Waals surface area contributed by atoms with Crippen molar-refractivity contribution in [2.24, 2.45) is 45.3 Å². The van der Waals surface area contributed by atoms with Gasteiger partial charge in [0.2, 0.25) is 0 Å². The highest BCUT2D eigenvalue weighted by Gasteiger charge is 2.69. The van der Waals surface area contributed by atoms with Crippen LogP contribution in [0.1, 0.15) is 115 Å². The first-order valence-electron chi connectivity index (χ1n) is 19.0. The van der Waals surface area contributed by atoms with Crippen molar-refractivity contribution in [2.45, 2.75) is 105 Å². The molecule has 1 aromatic rings. The van der Waals surface area contributed by atoms with Crippen LogP contribution >= 0.6 is 0 Å². The van der Waals surface area contributed by atoms with E-state index in [0.29, 0.717) is 64.7 Å². The lowest BCUT2D eigenvalue weighted by molar-refractivity contribution is -0.213. The number of aromatic carboxylic acids is 1. The Bertz CT molecular complexity index is 1600. The monoisotopic (exact) mass is 676 g/mol. The highest BCUT2D eigenvalue weighted by Crippen LogP contribution is 2.76. The van der Waals surface area contributed by atoms with E-state index in [4.69, 9.17) is 0 Å². The highest BCUT2D eigenvalue weighted by molar-refractivity contribution is 7.91. The molecular formula is C41H60N2O4S. The fourth-order valence-electron chi connectivity index (χ4n) is 13.4. The third kappa shape index (κ3) is 5.14. The topological polar surface area (TPSA) is 86.7 Å². The molecule has 0 amide bonds. The number of carboxylic acid groups (broad SMARTS) is 1. The fourth-order valence-corrected chi connectivity index (χ4v) is 14.6. The van der Waals surface area contributed by atoms with Crippen molar-refractivity contribution in [1.29, 1.82) is 0 Å². The van der Waals surface area contributed by atoms with Gasteiger partial charge in [-0.25, -0.2) is 13.2 Å². The molecule has 6 aliphatic rings. The molecule has 8 atom stereocenters. The molecule has 264 valence electrons. The van der Waals surface area contributed by atoms with Crippen molar-refractivity contribution >= 4 is 21.4 Å². The molecule has 48 heavy (non-hydrogen) atoms. The van der Waals surface area contributed by atoms with E-state index in [-0.39, 0.29) is 16.4 Å². The fraction of sp³-hybridized carbons (Fsp3) is 0.732. The zero-order valence-electron chi connectivity index (χ0n) is 30.4. The largest absolute Gasteiger partial charge is 0.478 e. The Labute approximate surface area is 290 Å². The van der Waals surface area contributed by atoms with Gasteiger partial charge in [0.15, 0.2) is 9.84 Å². The summed E-state index contributed by atoms with van der Waals surface area (Å²) in [6.45, 7) is 18.5. The zero-order chi connectivity index (χ0) is 34.3. The summed E-state index contributed by atoms with van der Waals surface area (Å²) in [4.78, 5) is 13.9. The molecule has 1 saturated heterocycles. The van der Waals surface area contributed by atoms with Crippen LogP contribution in [0.4, 0.5) is 0 Å². The van der Waals surface area contributed by atoms with Crippen LogP contribution in [0.3, 0.4) is 0 Å². The maximum atomic E-state index is 12.0. The SMILES string of the molecule is C/C=C1\CC[C@]2(NCCN3CCS(=O)(=O)CC3)CC[C@]3(C)C(CC[C@@H]4C5(C)CC=C(c6ccc(C(=O)O)cc6)C(C)(C)[C@@H]5CC[C@]43C)[C@@H]12. The summed E-state index contributed by atoms with van der Waals surface area (Å²) in [6, 6.07) is 7.59. The van der Waals surface area contributed by atoms with Crippen LogP contribution in [0, 0.1) is 45.3 Å². The molecule has 7 rings (SSSR count). The van der Waals surface area contributed by atoms with Gasteiger partial charge in [0.25, 0.3) is 0 Å². The van der Waals surface area contributed by atoms with Crippen LogP contribution in [-0.2, 0) is 9.84 Å². The quantitative estimate of drug-likeness (QED) is 0.299. The van der Waals surface area contributed by atoms with Crippen molar-refractivity contribution in [3.8, 4) is 0 Å². The zero-order valence-corrected chi connectivity index (χ0v) is 31.2. The summed E-state index contributed by atoms with van der Waals surface area (Å²) in [6.07, 6.45) is 16.2. The van der Waals surface area contributed by atoms with Crippen molar-refractivity contribution in [3.05, 3.63) is 53.1 Å². The summed E-state index contributed by atoms with van der Waals surface area (Å²) in [7, 11) is -2.85. The molecular weight excluding hydrogens is 617 g/mol. The lowest BCUT2D eigenvalue weighted by Crippen LogP contribution is -2.67. The number of carbonyl (C=O) groups is 1. The first-order valence-corrected chi connectivity index (χ1v) is 20.8. The standard InChI is InChI=1S/C41H60N2O4S/c1-7-28-14-19-41(42-22-23-43-24-26-48(46,47)27-25-43)21-20-39(5)32(35(28)41)12-13-34-38(4)17-15-31(29-8-10-30(11-9-29)36(44)45)37(2,3)33(38)16-18-40(34,39)6/h7-11,15,32-35,42H,12-14,16-27H2,1-6H3,(H,44,45)/b28-7+/t32?,33-,34+,35+,38?,39+,40+,41-/m0/s1. The molecule has 5 fully saturated rings. The smallest absolute Gasteiger partial charge is 0.335 e. The van der Waals surface area contributed by atoms with Crippen molar-refractivity contribution in [3.63, 3.8) is 0 Å². The molecule has 4 saturated carbocycles. The predicted molar refractivity (Wildman–Crippen MR) is 195 cm³/mol. The third-order valence-electron chi connectivity index (χ3n) is 16.0. The molecule has 0 spiro atoms. The summed E-state index contributed by atoms with van der Waals surface area (Å²) in [5.41, 5.74) is 5.62. The van der Waals surface area contributed by atoms with Gasteiger partial charge < -0.3 is 15.3 Å². The van der Waals surface area contributed by atoms with E-state index in [0.717, 1.165) is 19.5 Å². The molecule has 0 radical (unpaired) electrons. The van der Waals surface area contributed by atoms with Crippen molar-refractivity contribution < 1.29 is 18.3 Å². The van der Waals surface area contributed by atoms with Gasteiger partial charge >= 0.3 is 5.97 Å². The number of rotatable bonds is 6. The number of hydrogen-bond acceptors (Lipinski definition) is 5. The second kappa shape index (κ2) is 11.8. The molecule has 1 aliphatic heterocycles. The van der Waals surface area contributed by atoms with Gasteiger partial charge in [0, 0.05) is 37.6 Å². The Morgan fingerprint density at radius 1 is 0.938 bits per heavy atom. The van der Waals surface area contributed by atoms with E-state index in [1.807, 2.05) is 12.1 Å². The second-order valence-corrected chi connectivity index (χ2v) is 20.3. The Kier molecular flexibility index (Phi) is 8.48. The van der Waals surface area contributed by atoms with Crippen molar-refractivity contribution in [2.75, 3.05) is 37.7 Å². The maximum Gasteiger partial charge on any atom is 0.335 e. The van der Waals surface area contributed by atoms with Gasteiger partial charge in [-0.15, -0.1) is 0 Å². The number of benzene rings is 1. The minimum absolute atomic E-state index is 0.0184. The normalized spacial score (nSPS) is 42.6. The summed E-state index contributed by atoms with van der Waals surface area (Å²) >= 11 is 0. The Morgan fingerprint density at radius 2 is 1.65 bits per heavy atom. The van der Waals surface area contributed by atoms with Gasteiger partial charge in [0.1, 0.15) is 0 Å². The number of nitrogens with zero attached hydrogens (tertiary/aromatic N) is 1. The Morgan fingerprint density at radius 3 is 2.31 bits per heavy atom. The Balaban J connectivity index is 1.14. The molecule has 6 nitrogen and oxygen atoms in total. The van der Waals surface area contributed by atoms with Crippen LogP contribution in [0.25, 0.3) is 5.57 Å². The summed E-state index contributed by atoms with van der Waals surface area (Å²) in [5, 5.41) is 13.7. The van der Waals surface area contributed by atoms with Gasteiger partial charge in [-0.05, 0) is 127 Å². The molecule has 0 aromatic heterocycles. The molecule has 5 aliphatic carbocycles. The lowest BCUT2D eigenvalue weighted by atomic mass is 9.33. The van der Waals surface area contributed by atoms with Crippen LogP contribution in [0.2, 0.25) is 0 Å². The van der Waals surface area contributed by atoms with E-state index in [2.05, 4.69) is 63.9 Å². The van der Waals surface area contributed by atoms with E-state index in [1.54, 1.807) is 17.7 Å². The average Bonchev–Trinajstić information content (AvgIpc) is 3.41. The number of allylic oxidation sites excluding steroid dienone is 3.